The van der Waals surface area contributed by atoms with E-state index in [1.54, 1.807) is 20.9 Å². The highest BCUT2D eigenvalue weighted by Gasteiger charge is 2.23. The van der Waals surface area contributed by atoms with Gasteiger partial charge in [0, 0.05) is 19.3 Å². The first-order valence-electron chi connectivity index (χ1n) is 8.28. The summed E-state index contributed by atoms with van der Waals surface area (Å²) in [4.78, 5) is 21.6. The summed E-state index contributed by atoms with van der Waals surface area (Å²) in [5.41, 5.74) is 2.34. The Balaban J connectivity index is 1.92. The lowest BCUT2D eigenvalue weighted by atomic mass is 10.3. The molecule has 0 aliphatic heterocycles. The van der Waals surface area contributed by atoms with Crippen LogP contribution >= 0.6 is 11.3 Å². The number of thiazole rings is 1. The molecule has 2 heterocycles. The molecule has 25 heavy (non-hydrogen) atoms. The van der Waals surface area contributed by atoms with Crippen LogP contribution in [0.5, 0.6) is 0 Å². The van der Waals surface area contributed by atoms with Crippen molar-refractivity contribution in [3.8, 4) is 0 Å². The van der Waals surface area contributed by atoms with Gasteiger partial charge in [0.05, 0.1) is 10.2 Å². The Morgan fingerprint density at radius 2 is 2.00 bits per heavy atom. The largest absolute Gasteiger partial charge is 0.309 e. The number of rotatable bonds is 6. The number of para-hydroxylation sites is 1. The van der Waals surface area contributed by atoms with Crippen LogP contribution in [-0.2, 0) is 7.05 Å². The summed E-state index contributed by atoms with van der Waals surface area (Å²) in [6.07, 6.45) is 0.875. The first kappa shape index (κ1) is 17.6. The van der Waals surface area contributed by atoms with Crippen molar-refractivity contribution < 1.29 is 4.79 Å². The molecule has 3 rings (SSSR count). The fraction of sp³-hybridized carbons (Fsp3) is 0.389. The number of amides is 1. The van der Waals surface area contributed by atoms with E-state index in [-0.39, 0.29) is 5.91 Å². The highest BCUT2D eigenvalue weighted by molar-refractivity contribution is 7.22. The van der Waals surface area contributed by atoms with Gasteiger partial charge in [0.2, 0.25) is 0 Å². The summed E-state index contributed by atoms with van der Waals surface area (Å²) in [7, 11) is 5.91. The van der Waals surface area contributed by atoms with Gasteiger partial charge in [-0.2, -0.15) is 5.10 Å². The van der Waals surface area contributed by atoms with Gasteiger partial charge in [-0.3, -0.25) is 14.4 Å². The Hall–Kier alpha value is -2.25. The number of anilines is 1. The fourth-order valence-corrected chi connectivity index (χ4v) is 3.60. The van der Waals surface area contributed by atoms with Crippen LogP contribution in [0.1, 0.15) is 22.6 Å². The minimum atomic E-state index is -0.0958. The lowest BCUT2D eigenvalue weighted by molar-refractivity contribution is 0.0980. The van der Waals surface area contributed by atoms with Gasteiger partial charge in [-0.1, -0.05) is 23.5 Å². The zero-order valence-electron chi connectivity index (χ0n) is 15.1. The monoisotopic (exact) mass is 357 g/mol. The minimum absolute atomic E-state index is 0.0958. The molecule has 2 aromatic heterocycles. The summed E-state index contributed by atoms with van der Waals surface area (Å²) >= 11 is 1.54. The summed E-state index contributed by atoms with van der Waals surface area (Å²) < 4.78 is 2.81. The number of carbonyl (C=O) groups excluding carboxylic acids is 1. The van der Waals surface area contributed by atoms with Gasteiger partial charge in [0.1, 0.15) is 0 Å². The lowest BCUT2D eigenvalue weighted by Crippen LogP contribution is -2.33. The van der Waals surface area contributed by atoms with Gasteiger partial charge < -0.3 is 4.90 Å². The van der Waals surface area contributed by atoms with Crippen molar-refractivity contribution in [2.75, 3.05) is 32.1 Å². The van der Waals surface area contributed by atoms with Gasteiger partial charge in [0.15, 0.2) is 10.8 Å². The highest BCUT2D eigenvalue weighted by Crippen LogP contribution is 2.29. The number of fused-ring (bicyclic) bond motifs is 1. The highest BCUT2D eigenvalue weighted by atomic mass is 32.1. The van der Waals surface area contributed by atoms with Crippen molar-refractivity contribution in [3.05, 3.63) is 41.7 Å². The maximum atomic E-state index is 13.1. The summed E-state index contributed by atoms with van der Waals surface area (Å²) in [5.74, 6) is -0.0958. The minimum Gasteiger partial charge on any atom is -0.309 e. The summed E-state index contributed by atoms with van der Waals surface area (Å²) in [5, 5.41) is 5.08. The maximum Gasteiger partial charge on any atom is 0.280 e. The van der Waals surface area contributed by atoms with E-state index in [0.717, 1.165) is 34.0 Å². The first-order chi connectivity index (χ1) is 12.0. The fourth-order valence-electron chi connectivity index (χ4n) is 2.61. The zero-order valence-corrected chi connectivity index (χ0v) is 15.9. The van der Waals surface area contributed by atoms with Crippen LogP contribution in [0.25, 0.3) is 10.2 Å². The number of benzene rings is 1. The first-order valence-corrected chi connectivity index (χ1v) is 9.10. The van der Waals surface area contributed by atoms with Crippen LogP contribution in [0, 0.1) is 6.92 Å². The Kier molecular flexibility index (Phi) is 5.15. The van der Waals surface area contributed by atoms with E-state index in [1.165, 1.54) is 0 Å². The van der Waals surface area contributed by atoms with Crippen molar-refractivity contribution in [2.45, 2.75) is 13.3 Å². The molecule has 1 amide bonds. The van der Waals surface area contributed by atoms with Gasteiger partial charge in [-0.05, 0) is 52.2 Å². The average Bonchev–Trinajstić information content (AvgIpc) is 3.14. The van der Waals surface area contributed by atoms with Crippen LogP contribution in [-0.4, -0.2) is 52.8 Å². The third-order valence-corrected chi connectivity index (χ3v) is 5.14. The summed E-state index contributed by atoms with van der Waals surface area (Å²) in [6.45, 7) is 3.47. The number of aryl methyl sites for hydroxylation is 2. The Labute approximate surface area is 151 Å². The second-order valence-electron chi connectivity index (χ2n) is 6.37. The third-order valence-electron chi connectivity index (χ3n) is 4.08. The van der Waals surface area contributed by atoms with Crippen LogP contribution in [0.15, 0.2) is 30.3 Å². The molecule has 132 valence electrons. The van der Waals surface area contributed by atoms with Crippen molar-refractivity contribution in [1.82, 2.24) is 19.7 Å². The molecule has 0 bridgehead atoms. The molecule has 0 fully saturated rings. The van der Waals surface area contributed by atoms with E-state index in [0.29, 0.717) is 12.2 Å². The van der Waals surface area contributed by atoms with Gasteiger partial charge in [-0.25, -0.2) is 4.98 Å². The van der Waals surface area contributed by atoms with Crippen LogP contribution in [0.2, 0.25) is 0 Å². The lowest BCUT2D eigenvalue weighted by Gasteiger charge is -2.20. The molecule has 0 spiro atoms. The number of nitrogens with zero attached hydrogens (tertiary/aromatic N) is 5. The van der Waals surface area contributed by atoms with Crippen LogP contribution in [0.3, 0.4) is 0 Å². The molecule has 0 radical (unpaired) electrons. The molecule has 6 nitrogen and oxygen atoms in total. The summed E-state index contributed by atoms with van der Waals surface area (Å²) in [6, 6.07) is 9.79. The topological polar surface area (TPSA) is 54.3 Å². The molecule has 0 atom stereocenters. The SMILES string of the molecule is Cc1cc(C(=O)N(CCCN(C)C)c2nc3ccccc3s2)nn1C. The second kappa shape index (κ2) is 7.33. The van der Waals surface area contributed by atoms with Crippen LogP contribution in [0.4, 0.5) is 5.13 Å². The zero-order chi connectivity index (χ0) is 18.0. The second-order valence-corrected chi connectivity index (χ2v) is 7.38. The predicted octanol–water partition coefficient (Wildman–Crippen LogP) is 2.94. The molecule has 1 aromatic carbocycles. The number of carbonyl (C=O) groups is 1. The predicted molar refractivity (Wildman–Crippen MR) is 102 cm³/mol. The third kappa shape index (κ3) is 3.88. The number of aromatic nitrogens is 3. The van der Waals surface area contributed by atoms with Gasteiger partial charge in [0.25, 0.3) is 5.91 Å². The quantitative estimate of drug-likeness (QED) is 0.681. The van der Waals surface area contributed by atoms with E-state index in [2.05, 4.69) is 15.0 Å². The molecule has 0 saturated heterocycles. The van der Waals surface area contributed by atoms with E-state index >= 15 is 0 Å². The Morgan fingerprint density at radius 3 is 2.64 bits per heavy atom. The smallest absolute Gasteiger partial charge is 0.280 e. The molecule has 0 unspecified atom stereocenters. The molecule has 0 saturated carbocycles. The molecule has 0 aliphatic carbocycles. The molecule has 0 N–H and O–H groups in total. The Bertz CT molecular complexity index is 830. The molecule has 7 heteroatoms. The Morgan fingerprint density at radius 1 is 1.24 bits per heavy atom. The number of hydrogen-bond acceptors (Lipinski definition) is 5. The van der Waals surface area contributed by atoms with E-state index < -0.39 is 0 Å². The van der Waals surface area contributed by atoms with Crippen molar-refractivity contribution >= 4 is 32.6 Å². The van der Waals surface area contributed by atoms with Crippen LogP contribution < -0.4 is 4.90 Å². The molecule has 3 aromatic rings. The van der Waals surface area contributed by atoms with E-state index in [1.807, 2.05) is 58.4 Å². The molecular weight excluding hydrogens is 334 g/mol. The molecular formula is C18H23N5OS. The van der Waals surface area contributed by atoms with Crippen molar-refractivity contribution in [2.24, 2.45) is 7.05 Å². The molecule has 0 aliphatic rings. The normalized spacial score (nSPS) is 11.4. The van der Waals surface area contributed by atoms with E-state index in [9.17, 15) is 4.79 Å². The van der Waals surface area contributed by atoms with Crippen molar-refractivity contribution in [3.63, 3.8) is 0 Å². The maximum absolute atomic E-state index is 13.1. The van der Waals surface area contributed by atoms with E-state index in [4.69, 9.17) is 0 Å². The van der Waals surface area contributed by atoms with Crippen molar-refractivity contribution in [1.29, 1.82) is 0 Å². The standard InChI is InChI=1S/C18H23N5OS/c1-13-12-15(20-22(13)4)17(24)23(11-7-10-21(2)3)18-19-14-8-5-6-9-16(14)25-18/h5-6,8-9,12H,7,10-11H2,1-4H3. The average molecular weight is 357 g/mol. The van der Waals surface area contributed by atoms with Gasteiger partial charge in [-0.15, -0.1) is 0 Å². The number of hydrogen-bond donors (Lipinski definition) is 0. The van der Waals surface area contributed by atoms with Gasteiger partial charge >= 0.3 is 0 Å².